The Balaban J connectivity index is 1.80. The van der Waals surface area contributed by atoms with Gasteiger partial charge in [-0.15, -0.1) is 0 Å². The van der Waals surface area contributed by atoms with Gasteiger partial charge in [0.1, 0.15) is 5.82 Å². The molecular weight excluding hydrogens is 299 g/mol. The number of anilines is 1. The van der Waals surface area contributed by atoms with E-state index in [-0.39, 0.29) is 41.2 Å². The average molecular weight is 311 g/mol. The molecule has 1 fully saturated rings. The highest BCUT2D eigenvalue weighted by molar-refractivity contribution is 6.55. The maximum absolute atomic E-state index is 13.9. The normalized spacial score (nSPS) is 17.1. The number of carbonyl (C=O) groups excluding carboxylic acids is 3. The number of nitrogens with one attached hydrogen (secondary N) is 1. The summed E-state index contributed by atoms with van der Waals surface area (Å²) in [5, 5.41) is 2.81. The molecule has 0 spiro atoms. The van der Waals surface area contributed by atoms with E-state index in [9.17, 15) is 18.8 Å². The molecule has 5 nitrogen and oxygen atoms in total. The van der Waals surface area contributed by atoms with E-state index < -0.39 is 17.5 Å². The van der Waals surface area contributed by atoms with E-state index in [0.29, 0.717) is 0 Å². The molecule has 7 heteroatoms. The molecule has 1 aromatic rings. The quantitative estimate of drug-likeness (QED) is 0.860. The Hall–Kier alpha value is -1.95. The van der Waals surface area contributed by atoms with E-state index >= 15 is 0 Å². The highest BCUT2D eigenvalue weighted by atomic mass is 35.5. The number of rotatable bonds is 4. The molecule has 2 amide bonds. The number of amides is 2. The lowest BCUT2D eigenvalue weighted by molar-refractivity contribution is -0.121. The van der Waals surface area contributed by atoms with Crippen molar-refractivity contribution < 1.29 is 18.8 Å². The second-order valence-electron chi connectivity index (χ2n) is 5.13. The first-order valence-electron chi connectivity index (χ1n) is 6.62. The largest absolute Gasteiger partial charge is 0.353 e. The lowest BCUT2D eigenvalue weighted by Gasteiger charge is -2.16. The third kappa shape index (κ3) is 2.51. The molecule has 1 N–H and O–H groups in total. The van der Waals surface area contributed by atoms with Crippen molar-refractivity contribution in [3.8, 4) is 0 Å². The number of nitrogens with zero attached hydrogens (tertiary/aromatic N) is 1. The van der Waals surface area contributed by atoms with Gasteiger partial charge in [0.2, 0.25) is 5.91 Å². The van der Waals surface area contributed by atoms with Crippen molar-refractivity contribution in [2.45, 2.75) is 25.3 Å². The topological polar surface area (TPSA) is 66.5 Å². The SMILES string of the molecule is O=C(CCN1C(=O)C(=O)c2c(Cl)ccc(F)c21)NC1CC1. The van der Waals surface area contributed by atoms with Crippen LogP contribution in [0, 0.1) is 5.82 Å². The monoisotopic (exact) mass is 310 g/mol. The van der Waals surface area contributed by atoms with E-state index in [4.69, 9.17) is 11.6 Å². The van der Waals surface area contributed by atoms with Gasteiger partial charge in [0.15, 0.2) is 0 Å². The van der Waals surface area contributed by atoms with Crippen molar-refractivity contribution in [2.24, 2.45) is 0 Å². The van der Waals surface area contributed by atoms with E-state index in [1.807, 2.05) is 0 Å². The predicted molar refractivity (Wildman–Crippen MR) is 73.9 cm³/mol. The van der Waals surface area contributed by atoms with Gasteiger partial charge in [-0.25, -0.2) is 4.39 Å². The minimum absolute atomic E-state index is 0.0148. The van der Waals surface area contributed by atoms with Crippen LogP contribution >= 0.6 is 11.6 Å². The van der Waals surface area contributed by atoms with Crippen LogP contribution in [0.25, 0.3) is 0 Å². The van der Waals surface area contributed by atoms with Crippen molar-refractivity contribution in [1.82, 2.24) is 5.32 Å². The standard InChI is InChI=1S/C14H12ClFN2O3/c15-8-3-4-9(16)12-11(8)13(20)14(21)18(12)6-5-10(19)17-7-1-2-7/h3-4,7H,1-2,5-6H2,(H,17,19). The van der Waals surface area contributed by atoms with Crippen molar-refractivity contribution in [1.29, 1.82) is 0 Å². The van der Waals surface area contributed by atoms with Crippen LogP contribution in [0.2, 0.25) is 5.02 Å². The van der Waals surface area contributed by atoms with E-state index in [1.54, 1.807) is 0 Å². The molecule has 21 heavy (non-hydrogen) atoms. The summed E-state index contributed by atoms with van der Waals surface area (Å²) in [7, 11) is 0. The summed E-state index contributed by atoms with van der Waals surface area (Å²) in [5.74, 6) is -2.60. The van der Waals surface area contributed by atoms with Crippen molar-refractivity contribution >= 4 is 34.9 Å². The van der Waals surface area contributed by atoms with Gasteiger partial charge in [-0.3, -0.25) is 14.4 Å². The number of hydrogen-bond acceptors (Lipinski definition) is 3. The molecule has 110 valence electrons. The summed E-state index contributed by atoms with van der Waals surface area (Å²) in [5.41, 5.74) is -0.249. The lowest BCUT2D eigenvalue weighted by atomic mass is 10.1. The van der Waals surface area contributed by atoms with Crippen LogP contribution in [-0.2, 0) is 9.59 Å². The Kier molecular flexibility index (Phi) is 3.41. The summed E-state index contributed by atoms with van der Waals surface area (Å²) in [6.45, 7) is -0.0482. The zero-order valence-electron chi connectivity index (χ0n) is 11.0. The van der Waals surface area contributed by atoms with Gasteiger partial charge in [-0.05, 0) is 25.0 Å². The van der Waals surface area contributed by atoms with E-state index in [2.05, 4.69) is 5.32 Å². The van der Waals surface area contributed by atoms with Crippen LogP contribution in [0.1, 0.15) is 29.6 Å². The number of halogens is 2. The van der Waals surface area contributed by atoms with Gasteiger partial charge < -0.3 is 10.2 Å². The van der Waals surface area contributed by atoms with Crippen LogP contribution in [0.3, 0.4) is 0 Å². The number of Topliss-reactive ketones (excluding diaryl/α,β-unsaturated/α-hetero) is 1. The Morgan fingerprint density at radius 1 is 1.38 bits per heavy atom. The minimum atomic E-state index is -0.851. The zero-order valence-corrected chi connectivity index (χ0v) is 11.7. The Morgan fingerprint density at radius 2 is 2.10 bits per heavy atom. The van der Waals surface area contributed by atoms with Gasteiger partial charge in [0.25, 0.3) is 11.7 Å². The second-order valence-corrected chi connectivity index (χ2v) is 5.54. The fraction of sp³-hybridized carbons (Fsp3) is 0.357. The van der Waals surface area contributed by atoms with Crippen molar-refractivity contribution in [2.75, 3.05) is 11.4 Å². The molecule has 1 aliphatic heterocycles. The number of benzene rings is 1. The fourth-order valence-corrected chi connectivity index (χ4v) is 2.54. The third-order valence-electron chi connectivity index (χ3n) is 3.52. The van der Waals surface area contributed by atoms with Crippen LogP contribution < -0.4 is 10.2 Å². The second kappa shape index (κ2) is 5.11. The van der Waals surface area contributed by atoms with Gasteiger partial charge in [-0.2, -0.15) is 0 Å². The van der Waals surface area contributed by atoms with Gasteiger partial charge in [-0.1, -0.05) is 11.6 Å². The van der Waals surface area contributed by atoms with E-state index in [0.717, 1.165) is 23.8 Å². The molecule has 3 rings (SSSR count). The summed E-state index contributed by atoms with van der Waals surface area (Å²) < 4.78 is 13.9. The highest BCUT2D eigenvalue weighted by Gasteiger charge is 2.40. The van der Waals surface area contributed by atoms with Gasteiger partial charge >= 0.3 is 0 Å². The summed E-state index contributed by atoms with van der Waals surface area (Å²) >= 11 is 5.86. The predicted octanol–water partition coefficient (Wildman–Crippen LogP) is 1.68. The molecule has 1 heterocycles. The van der Waals surface area contributed by atoms with Gasteiger partial charge in [0, 0.05) is 19.0 Å². The average Bonchev–Trinajstić information content (AvgIpc) is 3.21. The molecule has 1 aliphatic carbocycles. The summed E-state index contributed by atoms with van der Waals surface area (Å²) in [6.07, 6.45) is 1.93. The molecule has 0 radical (unpaired) electrons. The van der Waals surface area contributed by atoms with Gasteiger partial charge in [0.05, 0.1) is 16.3 Å². The Bertz CT molecular complexity index is 658. The first kappa shape index (κ1) is 14.0. The Labute approximate surface area is 125 Å². The number of hydrogen-bond donors (Lipinski definition) is 1. The first-order chi connectivity index (χ1) is 9.99. The number of ketones is 1. The smallest absolute Gasteiger partial charge is 0.299 e. The molecule has 0 bridgehead atoms. The van der Waals surface area contributed by atoms with Crippen molar-refractivity contribution in [3.63, 3.8) is 0 Å². The molecule has 2 aliphatic rings. The van der Waals surface area contributed by atoms with Crippen molar-refractivity contribution in [3.05, 3.63) is 28.5 Å². The van der Waals surface area contributed by atoms with Crippen LogP contribution in [0.15, 0.2) is 12.1 Å². The molecular formula is C14H12ClFN2O3. The molecule has 0 aromatic heterocycles. The molecule has 0 atom stereocenters. The molecule has 1 saturated carbocycles. The minimum Gasteiger partial charge on any atom is -0.353 e. The van der Waals surface area contributed by atoms with Crippen LogP contribution in [0.5, 0.6) is 0 Å². The summed E-state index contributed by atoms with van der Waals surface area (Å²) in [6, 6.07) is 2.56. The maximum Gasteiger partial charge on any atom is 0.299 e. The number of fused-ring (bicyclic) bond motifs is 1. The number of carbonyl (C=O) groups is 3. The molecule has 1 aromatic carbocycles. The fourth-order valence-electron chi connectivity index (χ4n) is 2.31. The van der Waals surface area contributed by atoms with Crippen LogP contribution in [-0.4, -0.2) is 30.2 Å². The third-order valence-corrected chi connectivity index (χ3v) is 3.83. The van der Waals surface area contributed by atoms with Crippen LogP contribution in [0.4, 0.5) is 10.1 Å². The molecule has 0 unspecified atom stereocenters. The first-order valence-corrected chi connectivity index (χ1v) is 7.00. The zero-order chi connectivity index (χ0) is 15.1. The Morgan fingerprint density at radius 3 is 2.76 bits per heavy atom. The van der Waals surface area contributed by atoms with E-state index in [1.165, 1.54) is 6.07 Å². The lowest BCUT2D eigenvalue weighted by Crippen LogP contribution is -2.35. The molecule has 0 saturated heterocycles. The summed E-state index contributed by atoms with van der Waals surface area (Å²) in [4.78, 5) is 36.4. The maximum atomic E-state index is 13.9. The highest BCUT2D eigenvalue weighted by Crippen LogP contribution is 2.36.